The number of benzene rings is 1. The summed E-state index contributed by atoms with van der Waals surface area (Å²) < 4.78 is 0. The van der Waals surface area contributed by atoms with Crippen LogP contribution in [0.3, 0.4) is 0 Å². The average molecular weight is 198 g/mol. The molecule has 0 saturated carbocycles. The fraction of sp³-hybridized carbons (Fsp3) is 0.300. The Morgan fingerprint density at radius 2 is 2.00 bits per heavy atom. The van der Waals surface area contributed by atoms with Crippen molar-refractivity contribution in [1.82, 2.24) is 5.32 Å². The van der Waals surface area contributed by atoms with Crippen LogP contribution in [0.25, 0.3) is 0 Å². The maximum atomic E-state index is 10.8. The van der Waals surface area contributed by atoms with E-state index in [4.69, 9.17) is 11.6 Å². The van der Waals surface area contributed by atoms with Gasteiger partial charge in [-0.05, 0) is 12.0 Å². The molecule has 1 aromatic rings. The minimum absolute atomic E-state index is 0.0365. The fourth-order valence-electron chi connectivity index (χ4n) is 1.04. The van der Waals surface area contributed by atoms with Gasteiger partial charge in [0.2, 0.25) is 5.91 Å². The van der Waals surface area contributed by atoms with E-state index in [0.717, 1.165) is 6.42 Å². The zero-order valence-corrected chi connectivity index (χ0v) is 8.05. The summed E-state index contributed by atoms with van der Waals surface area (Å²) in [4.78, 5) is 10.8. The predicted molar refractivity (Wildman–Crippen MR) is 53.9 cm³/mol. The van der Waals surface area contributed by atoms with Gasteiger partial charge >= 0.3 is 0 Å². The van der Waals surface area contributed by atoms with E-state index in [1.807, 2.05) is 30.3 Å². The Balaban J connectivity index is 2.24. The minimum Gasteiger partial charge on any atom is -0.355 e. The van der Waals surface area contributed by atoms with E-state index in [-0.39, 0.29) is 11.8 Å². The molecular formula is C10H12ClNO. The molecule has 0 radical (unpaired) electrons. The van der Waals surface area contributed by atoms with E-state index in [1.54, 1.807) is 0 Å². The molecule has 1 amide bonds. The first-order chi connectivity index (χ1) is 6.33. The van der Waals surface area contributed by atoms with E-state index in [9.17, 15) is 4.79 Å². The molecule has 70 valence electrons. The van der Waals surface area contributed by atoms with Gasteiger partial charge in [-0.25, -0.2) is 0 Å². The molecule has 0 heterocycles. The summed E-state index contributed by atoms with van der Waals surface area (Å²) in [6, 6.07) is 10.0. The summed E-state index contributed by atoms with van der Waals surface area (Å²) in [5.41, 5.74) is 1.22. The lowest BCUT2D eigenvalue weighted by atomic mass is 10.1. The highest BCUT2D eigenvalue weighted by Gasteiger charge is 1.96. The Morgan fingerprint density at radius 1 is 1.31 bits per heavy atom. The lowest BCUT2D eigenvalue weighted by Crippen LogP contribution is -2.26. The second-order valence-electron chi connectivity index (χ2n) is 2.72. The van der Waals surface area contributed by atoms with Gasteiger partial charge in [0.1, 0.15) is 5.88 Å². The average Bonchev–Trinajstić information content (AvgIpc) is 2.19. The molecular weight excluding hydrogens is 186 g/mol. The molecule has 13 heavy (non-hydrogen) atoms. The van der Waals surface area contributed by atoms with E-state index < -0.39 is 0 Å². The predicted octanol–water partition coefficient (Wildman–Crippen LogP) is 1.58. The van der Waals surface area contributed by atoms with Crippen molar-refractivity contribution in [2.45, 2.75) is 6.42 Å². The first-order valence-electron chi connectivity index (χ1n) is 4.19. The molecule has 0 saturated heterocycles. The Labute approximate surface area is 82.9 Å². The molecule has 0 bridgehead atoms. The van der Waals surface area contributed by atoms with Gasteiger partial charge < -0.3 is 5.32 Å². The number of amides is 1. The van der Waals surface area contributed by atoms with Crippen LogP contribution in [0.15, 0.2) is 30.3 Å². The third-order valence-electron chi connectivity index (χ3n) is 1.70. The summed E-state index contributed by atoms with van der Waals surface area (Å²) >= 11 is 5.32. The van der Waals surface area contributed by atoms with Crippen molar-refractivity contribution in [3.05, 3.63) is 35.9 Å². The van der Waals surface area contributed by atoms with Crippen LogP contribution in [0, 0.1) is 0 Å². The van der Waals surface area contributed by atoms with Crippen LogP contribution < -0.4 is 5.32 Å². The van der Waals surface area contributed by atoms with Crippen LogP contribution in [0.1, 0.15) is 5.56 Å². The van der Waals surface area contributed by atoms with Gasteiger partial charge in [0.25, 0.3) is 0 Å². The summed E-state index contributed by atoms with van der Waals surface area (Å²) in [7, 11) is 0. The molecule has 3 heteroatoms. The lowest BCUT2D eigenvalue weighted by Gasteiger charge is -2.02. The van der Waals surface area contributed by atoms with Gasteiger partial charge in [-0.1, -0.05) is 30.3 Å². The van der Waals surface area contributed by atoms with E-state index in [1.165, 1.54) is 5.56 Å². The second kappa shape index (κ2) is 5.60. The smallest absolute Gasteiger partial charge is 0.234 e. The minimum atomic E-state index is -0.113. The summed E-state index contributed by atoms with van der Waals surface area (Å²) in [6.45, 7) is 0.648. The number of rotatable bonds is 4. The lowest BCUT2D eigenvalue weighted by molar-refractivity contribution is -0.118. The second-order valence-corrected chi connectivity index (χ2v) is 2.99. The topological polar surface area (TPSA) is 29.1 Å². The van der Waals surface area contributed by atoms with Gasteiger partial charge in [-0.2, -0.15) is 0 Å². The van der Waals surface area contributed by atoms with Crippen molar-refractivity contribution < 1.29 is 4.79 Å². The number of halogens is 1. The molecule has 0 aromatic heterocycles. The summed E-state index contributed by atoms with van der Waals surface area (Å²) in [5.74, 6) is -0.0768. The van der Waals surface area contributed by atoms with Crippen molar-refractivity contribution in [3.63, 3.8) is 0 Å². The Hall–Kier alpha value is -1.02. The molecule has 0 aliphatic carbocycles. The fourth-order valence-corrected chi connectivity index (χ4v) is 1.13. The molecule has 0 unspecified atom stereocenters. The molecule has 0 atom stereocenters. The number of alkyl halides is 1. The monoisotopic (exact) mass is 197 g/mol. The van der Waals surface area contributed by atoms with Crippen LogP contribution in [-0.4, -0.2) is 18.3 Å². The quantitative estimate of drug-likeness (QED) is 0.730. The summed E-state index contributed by atoms with van der Waals surface area (Å²) in [5, 5.41) is 2.71. The third kappa shape index (κ3) is 3.95. The van der Waals surface area contributed by atoms with Crippen molar-refractivity contribution in [1.29, 1.82) is 0 Å². The van der Waals surface area contributed by atoms with Crippen molar-refractivity contribution in [2.75, 3.05) is 12.4 Å². The molecule has 0 spiro atoms. The number of hydrogen-bond acceptors (Lipinski definition) is 1. The SMILES string of the molecule is O=C(CCl)NCCc1ccccc1. The van der Waals surface area contributed by atoms with Gasteiger partial charge in [-0.15, -0.1) is 11.6 Å². The van der Waals surface area contributed by atoms with Gasteiger partial charge in [0, 0.05) is 6.54 Å². The van der Waals surface area contributed by atoms with Crippen LogP contribution >= 0.6 is 11.6 Å². The number of carbonyl (C=O) groups excluding carboxylic acids is 1. The Bertz CT molecular complexity index is 261. The molecule has 1 N–H and O–H groups in total. The highest BCUT2D eigenvalue weighted by molar-refractivity contribution is 6.27. The molecule has 0 aliphatic heterocycles. The normalized spacial score (nSPS) is 9.62. The molecule has 0 aliphatic rings. The third-order valence-corrected chi connectivity index (χ3v) is 1.94. The number of nitrogens with one attached hydrogen (secondary N) is 1. The first-order valence-corrected chi connectivity index (χ1v) is 4.73. The van der Waals surface area contributed by atoms with Gasteiger partial charge in [-0.3, -0.25) is 4.79 Å². The Morgan fingerprint density at radius 3 is 2.62 bits per heavy atom. The standard InChI is InChI=1S/C10H12ClNO/c11-8-10(13)12-7-6-9-4-2-1-3-5-9/h1-5H,6-8H2,(H,12,13). The molecule has 1 rings (SSSR count). The van der Waals surface area contributed by atoms with E-state index in [0.29, 0.717) is 6.54 Å². The highest BCUT2D eigenvalue weighted by atomic mass is 35.5. The highest BCUT2D eigenvalue weighted by Crippen LogP contribution is 1.97. The van der Waals surface area contributed by atoms with Crippen LogP contribution in [0.2, 0.25) is 0 Å². The van der Waals surface area contributed by atoms with Crippen molar-refractivity contribution >= 4 is 17.5 Å². The van der Waals surface area contributed by atoms with Gasteiger partial charge in [0.15, 0.2) is 0 Å². The van der Waals surface area contributed by atoms with E-state index in [2.05, 4.69) is 5.32 Å². The number of carbonyl (C=O) groups is 1. The molecule has 0 fully saturated rings. The first kappa shape index (κ1) is 10.1. The number of hydrogen-bond donors (Lipinski definition) is 1. The van der Waals surface area contributed by atoms with E-state index >= 15 is 0 Å². The van der Waals surface area contributed by atoms with Gasteiger partial charge in [0.05, 0.1) is 0 Å². The molecule has 1 aromatic carbocycles. The van der Waals surface area contributed by atoms with Crippen molar-refractivity contribution in [3.8, 4) is 0 Å². The zero-order valence-electron chi connectivity index (χ0n) is 7.29. The Kier molecular flexibility index (Phi) is 4.33. The largest absolute Gasteiger partial charge is 0.355 e. The maximum absolute atomic E-state index is 10.8. The zero-order chi connectivity index (χ0) is 9.52. The maximum Gasteiger partial charge on any atom is 0.234 e. The summed E-state index contributed by atoms with van der Waals surface area (Å²) in [6.07, 6.45) is 0.851. The van der Waals surface area contributed by atoms with Crippen LogP contribution in [-0.2, 0) is 11.2 Å². The molecule has 2 nitrogen and oxygen atoms in total. The van der Waals surface area contributed by atoms with Crippen LogP contribution in [0.5, 0.6) is 0 Å². The van der Waals surface area contributed by atoms with Crippen molar-refractivity contribution in [2.24, 2.45) is 0 Å². The van der Waals surface area contributed by atoms with Crippen LogP contribution in [0.4, 0.5) is 0 Å².